The molecule has 1 aromatic heterocycles. The fourth-order valence-electron chi connectivity index (χ4n) is 1.86. The predicted molar refractivity (Wildman–Crippen MR) is 67.4 cm³/mol. The number of aromatic nitrogens is 1. The van der Waals surface area contributed by atoms with E-state index in [1.165, 1.54) is 5.56 Å². The number of pyridine rings is 1. The van der Waals surface area contributed by atoms with Crippen molar-refractivity contribution in [3.8, 4) is 6.07 Å². The minimum atomic E-state index is -0.0433. The summed E-state index contributed by atoms with van der Waals surface area (Å²) in [4.78, 5) is 3.97. The Morgan fingerprint density at radius 2 is 1.76 bits per heavy atom. The molecule has 0 radical (unpaired) electrons. The maximum Gasteiger partial charge on any atom is 0.0717 e. The molecule has 2 heteroatoms. The van der Waals surface area contributed by atoms with Crippen molar-refractivity contribution < 1.29 is 0 Å². The number of aryl methyl sites for hydroxylation is 1. The molecular weight excluding hydrogens is 208 g/mol. The van der Waals surface area contributed by atoms with Crippen LogP contribution >= 0.6 is 0 Å². The molecule has 2 nitrogen and oxygen atoms in total. The average Bonchev–Trinajstić information content (AvgIpc) is 2.42. The Bertz CT molecular complexity index is 485. The third kappa shape index (κ3) is 3.15. The van der Waals surface area contributed by atoms with Crippen LogP contribution in [0.4, 0.5) is 0 Å². The minimum Gasteiger partial charge on any atom is -0.265 e. The predicted octanol–water partition coefficient (Wildman–Crippen LogP) is 3.32. The Labute approximate surface area is 102 Å². The van der Waals surface area contributed by atoms with Crippen LogP contribution in [-0.4, -0.2) is 4.98 Å². The van der Waals surface area contributed by atoms with Crippen molar-refractivity contribution >= 4 is 0 Å². The number of benzene rings is 1. The number of nitrogens with zero attached hydrogens (tertiary/aromatic N) is 2. The van der Waals surface area contributed by atoms with Crippen LogP contribution in [0, 0.1) is 11.3 Å². The highest BCUT2D eigenvalue weighted by molar-refractivity contribution is 5.23. The molecule has 0 aliphatic carbocycles. The lowest BCUT2D eigenvalue weighted by Gasteiger charge is -2.08. The highest BCUT2D eigenvalue weighted by atomic mass is 14.6. The van der Waals surface area contributed by atoms with Crippen LogP contribution in [0.3, 0.4) is 0 Å². The third-order valence-electron chi connectivity index (χ3n) is 2.83. The van der Waals surface area contributed by atoms with Crippen LogP contribution in [-0.2, 0) is 6.42 Å². The van der Waals surface area contributed by atoms with E-state index in [-0.39, 0.29) is 5.92 Å². The molecule has 0 aliphatic heterocycles. The van der Waals surface area contributed by atoms with Crippen molar-refractivity contribution in [2.75, 3.05) is 0 Å². The van der Waals surface area contributed by atoms with Gasteiger partial charge < -0.3 is 0 Å². The van der Waals surface area contributed by atoms with Gasteiger partial charge in [0.15, 0.2) is 0 Å². The molecule has 1 aromatic carbocycles. The Hall–Kier alpha value is -2.14. The van der Waals surface area contributed by atoms with E-state index >= 15 is 0 Å². The number of nitriles is 1. The Morgan fingerprint density at radius 1 is 1.06 bits per heavy atom. The van der Waals surface area contributed by atoms with Gasteiger partial charge in [-0.1, -0.05) is 30.3 Å². The SMILES string of the molecule is N#C[C@@H](CCc1ccccc1)c1ccncc1. The Balaban J connectivity index is 2.01. The van der Waals surface area contributed by atoms with Crippen molar-refractivity contribution in [3.05, 3.63) is 66.0 Å². The molecule has 0 amide bonds. The fourth-order valence-corrected chi connectivity index (χ4v) is 1.86. The first-order chi connectivity index (χ1) is 8.40. The highest BCUT2D eigenvalue weighted by Crippen LogP contribution is 2.20. The van der Waals surface area contributed by atoms with Gasteiger partial charge in [0.05, 0.1) is 12.0 Å². The number of hydrogen-bond donors (Lipinski definition) is 0. The van der Waals surface area contributed by atoms with Gasteiger partial charge in [0.2, 0.25) is 0 Å². The van der Waals surface area contributed by atoms with E-state index < -0.39 is 0 Å². The monoisotopic (exact) mass is 222 g/mol. The lowest BCUT2D eigenvalue weighted by atomic mass is 9.94. The summed E-state index contributed by atoms with van der Waals surface area (Å²) in [6.45, 7) is 0. The van der Waals surface area contributed by atoms with Gasteiger partial charge in [-0.15, -0.1) is 0 Å². The summed E-state index contributed by atoms with van der Waals surface area (Å²) in [6.07, 6.45) is 5.26. The second kappa shape index (κ2) is 5.81. The normalized spacial score (nSPS) is 11.7. The summed E-state index contributed by atoms with van der Waals surface area (Å²) in [5, 5.41) is 9.19. The average molecular weight is 222 g/mol. The topological polar surface area (TPSA) is 36.7 Å². The van der Waals surface area contributed by atoms with Gasteiger partial charge in [-0.2, -0.15) is 5.26 Å². The maximum atomic E-state index is 9.19. The van der Waals surface area contributed by atoms with E-state index in [1.54, 1.807) is 12.4 Å². The molecular formula is C15H14N2. The van der Waals surface area contributed by atoms with Gasteiger partial charge in [0.1, 0.15) is 0 Å². The zero-order chi connectivity index (χ0) is 11.9. The van der Waals surface area contributed by atoms with Gasteiger partial charge >= 0.3 is 0 Å². The van der Waals surface area contributed by atoms with Gasteiger partial charge in [0.25, 0.3) is 0 Å². The molecule has 17 heavy (non-hydrogen) atoms. The molecule has 2 rings (SSSR count). The van der Waals surface area contributed by atoms with Crippen LogP contribution in [0.2, 0.25) is 0 Å². The second-order valence-corrected chi connectivity index (χ2v) is 3.99. The minimum absolute atomic E-state index is 0.0433. The lowest BCUT2D eigenvalue weighted by molar-refractivity contribution is 0.745. The molecule has 0 spiro atoms. The fraction of sp³-hybridized carbons (Fsp3) is 0.200. The van der Waals surface area contributed by atoms with Crippen molar-refractivity contribution in [1.29, 1.82) is 5.26 Å². The van der Waals surface area contributed by atoms with Crippen molar-refractivity contribution in [2.45, 2.75) is 18.8 Å². The zero-order valence-corrected chi connectivity index (χ0v) is 9.58. The molecule has 0 aliphatic rings. The van der Waals surface area contributed by atoms with Crippen LogP contribution in [0.5, 0.6) is 0 Å². The summed E-state index contributed by atoms with van der Waals surface area (Å²) < 4.78 is 0. The molecule has 1 atom stereocenters. The summed E-state index contributed by atoms with van der Waals surface area (Å²) in [6, 6.07) is 16.5. The van der Waals surface area contributed by atoms with Crippen LogP contribution < -0.4 is 0 Å². The van der Waals surface area contributed by atoms with E-state index in [4.69, 9.17) is 0 Å². The summed E-state index contributed by atoms with van der Waals surface area (Å²) in [5.74, 6) is -0.0433. The van der Waals surface area contributed by atoms with Crippen molar-refractivity contribution in [3.63, 3.8) is 0 Å². The zero-order valence-electron chi connectivity index (χ0n) is 9.58. The third-order valence-corrected chi connectivity index (χ3v) is 2.83. The number of hydrogen-bond acceptors (Lipinski definition) is 2. The van der Waals surface area contributed by atoms with Gasteiger partial charge in [0, 0.05) is 12.4 Å². The van der Waals surface area contributed by atoms with Crippen LogP contribution in [0.1, 0.15) is 23.5 Å². The van der Waals surface area contributed by atoms with E-state index in [9.17, 15) is 5.26 Å². The summed E-state index contributed by atoms with van der Waals surface area (Å²) >= 11 is 0. The largest absolute Gasteiger partial charge is 0.265 e. The lowest BCUT2D eigenvalue weighted by Crippen LogP contribution is -1.98. The first-order valence-corrected chi connectivity index (χ1v) is 5.73. The van der Waals surface area contributed by atoms with Crippen LogP contribution in [0.25, 0.3) is 0 Å². The first kappa shape index (κ1) is 11.3. The standard InChI is InChI=1S/C15H14N2/c16-12-15(14-8-10-17-11-9-14)7-6-13-4-2-1-3-5-13/h1-5,8-11,15H,6-7H2/t15-/m1/s1. The second-order valence-electron chi connectivity index (χ2n) is 3.99. The maximum absolute atomic E-state index is 9.19. The highest BCUT2D eigenvalue weighted by Gasteiger charge is 2.09. The van der Waals surface area contributed by atoms with E-state index in [1.807, 2.05) is 30.3 Å². The molecule has 0 unspecified atom stereocenters. The first-order valence-electron chi connectivity index (χ1n) is 5.73. The molecule has 0 N–H and O–H groups in total. The van der Waals surface area contributed by atoms with E-state index in [0.29, 0.717) is 0 Å². The molecule has 84 valence electrons. The molecule has 0 saturated carbocycles. The Kier molecular flexibility index (Phi) is 3.88. The van der Waals surface area contributed by atoms with Gasteiger partial charge in [-0.3, -0.25) is 4.98 Å². The number of rotatable bonds is 4. The van der Waals surface area contributed by atoms with E-state index in [2.05, 4.69) is 23.2 Å². The van der Waals surface area contributed by atoms with Gasteiger partial charge in [-0.05, 0) is 36.1 Å². The van der Waals surface area contributed by atoms with Crippen LogP contribution in [0.15, 0.2) is 54.9 Å². The summed E-state index contributed by atoms with van der Waals surface area (Å²) in [5.41, 5.74) is 2.33. The molecule has 1 heterocycles. The Morgan fingerprint density at radius 3 is 2.41 bits per heavy atom. The van der Waals surface area contributed by atoms with Crippen molar-refractivity contribution in [1.82, 2.24) is 4.98 Å². The van der Waals surface area contributed by atoms with Gasteiger partial charge in [-0.25, -0.2) is 0 Å². The molecule has 2 aromatic rings. The molecule has 0 bridgehead atoms. The smallest absolute Gasteiger partial charge is 0.0717 e. The quantitative estimate of drug-likeness (QED) is 0.795. The molecule has 0 fully saturated rings. The van der Waals surface area contributed by atoms with Crippen molar-refractivity contribution in [2.24, 2.45) is 0 Å². The molecule has 0 saturated heterocycles. The summed E-state index contributed by atoms with van der Waals surface area (Å²) in [7, 11) is 0. The van der Waals surface area contributed by atoms with E-state index in [0.717, 1.165) is 18.4 Å².